The molecule has 0 aliphatic rings. The largest absolute Gasteiger partial charge is 0.461 e. The molecule has 19 heavy (non-hydrogen) atoms. The minimum absolute atomic E-state index is 0.0194. The fourth-order valence-electron chi connectivity index (χ4n) is 1.14. The lowest BCUT2D eigenvalue weighted by Gasteiger charge is -2.15. The van der Waals surface area contributed by atoms with Crippen LogP contribution in [0.5, 0.6) is 0 Å². The van der Waals surface area contributed by atoms with Crippen molar-refractivity contribution in [1.82, 2.24) is 4.98 Å². The summed E-state index contributed by atoms with van der Waals surface area (Å²) in [5.74, 6) is -8.47. The van der Waals surface area contributed by atoms with E-state index in [0.29, 0.717) is 0 Å². The van der Waals surface area contributed by atoms with E-state index in [0.717, 1.165) is 0 Å². The molecule has 106 valence electrons. The van der Waals surface area contributed by atoms with E-state index in [1.165, 1.54) is 6.92 Å². The van der Waals surface area contributed by atoms with E-state index in [1.54, 1.807) is 0 Å². The van der Waals surface area contributed by atoms with Crippen molar-refractivity contribution < 1.29 is 35.9 Å². The topological polar surface area (TPSA) is 39.2 Å². The molecule has 0 saturated heterocycles. The summed E-state index contributed by atoms with van der Waals surface area (Å²) in [6, 6.07) is -0.157. The van der Waals surface area contributed by atoms with Gasteiger partial charge in [0.25, 0.3) is 0 Å². The SMILES string of the molecule is CCOC(=O)C(F)(F)c1ncc(C(F)(F)F)cc1F. The molecule has 0 amide bonds. The number of esters is 1. The Morgan fingerprint density at radius 3 is 2.32 bits per heavy atom. The molecule has 0 bridgehead atoms. The van der Waals surface area contributed by atoms with E-state index >= 15 is 0 Å². The number of hydrogen-bond donors (Lipinski definition) is 0. The summed E-state index contributed by atoms with van der Waals surface area (Å²) in [7, 11) is 0. The molecule has 9 heteroatoms. The van der Waals surface area contributed by atoms with Gasteiger partial charge in [-0.25, -0.2) is 9.18 Å². The van der Waals surface area contributed by atoms with Crippen LogP contribution in [0, 0.1) is 5.82 Å². The van der Waals surface area contributed by atoms with E-state index in [1.807, 2.05) is 0 Å². The second-order valence-corrected chi connectivity index (χ2v) is 3.35. The van der Waals surface area contributed by atoms with Crippen LogP contribution in [-0.2, 0) is 21.6 Å². The molecule has 0 atom stereocenters. The monoisotopic (exact) mass is 287 g/mol. The molecule has 0 N–H and O–H groups in total. The third kappa shape index (κ3) is 3.15. The van der Waals surface area contributed by atoms with Crippen molar-refractivity contribution in [3.63, 3.8) is 0 Å². The summed E-state index contributed by atoms with van der Waals surface area (Å²) in [5.41, 5.74) is -3.24. The van der Waals surface area contributed by atoms with Gasteiger partial charge in [0.05, 0.1) is 12.2 Å². The zero-order valence-corrected chi connectivity index (χ0v) is 9.39. The van der Waals surface area contributed by atoms with Crippen LogP contribution < -0.4 is 0 Å². The number of aromatic nitrogens is 1. The molecule has 0 unspecified atom stereocenters. The summed E-state index contributed by atoms with van der Waals surface area (Å²) in [6.07, 6.45) is -4.91. The van der Waals surface area contributed by atoms with Crippen molar-refractivity contribution in [1.29, 1.82) is 0 Å². The van der Waals surface area contributed by atoms with Gasteiger partial charge in [0.1, 0.15) is 0 Å². The highest BCUT2D eigenvalue weighted by Crippen LogP contribution is 2.34. The van der Waals surface area contributed by atoms with E-state index in [9.17, 15) is 31.1 Å². The Labute approximate surface area is 103 Å². The molecule has 0 radical (unpaired) electrons. The number of rotatable bonds is 3. The predicted octanol–water partition coefficient (Wildman–Crippen LogP) is 2.89. The van der Waals surface area contributed by atoms with E-state index < -0.39 is 41.7 Å². The molecule has 0 saturated carbocycles. The van der Waals surface area contributed by atoms with Crippen LogP contribution in [0.2, 0.25) is 0 Å². The lowest BCUT2D eigenvalue weighted by molar-refractivity contribution is -0.174. The molecule has 0 fully saturated rings. The Kier molecular flexibility index (Phi) is 4.06. The van der Waals surface area contributed by atoms with E-state index in [-0.39, 0.29) is 12.3 Å². The van der Waals surface area contributed by atoms with Crippen molar-refractivity contribution in [3.8, 4) is 0 Å². The minimum Gasteiger partial charge on any atom is -0.461 e. The number of carbonyl (C=O) groups excluding carboxylic acids is 1. The van der Waals surface area contributed by atoms with Crippen LogP contribution in [0.3, 0.4) is 0 Å². The lowest BCUT2D eigenvalue weighted by atomic mass is 10.1. The second kappa shape index (κ2) is 5.06. The van der Waals surface area contributed by atoms with Crippen molar-refractivity contribution in [2.75, 3.05) is 6.61 Å². The first-order valence-electron chi connectivity index (χ1n) is 4.89. The molecule has 0 aromatic carbocycles. The summed E-state index contributed by atoms with van der Waals surface area (Å²) >= 11 is 0. The van der Waals surface area contributed by atoms with E-state index in [4.69, 9.17) is 0 Å². The Morgan fingerprint density at radius 2 is 1.89 bits per heavy atom. The van der Waals surface area contributed by atoms with Gasteiger partial charge in [0, 0.05) is 6.20 Å². The Morgan fingerprint density at radius 1 is 1.32 bits per heavy atom. The van der Waals surface area contributed by atoms with Crippen LogP contribution in [0.25, 0.3) is 0 Å². The van der Waals surface area contributed by atoms with Crippen molar-refractivity contribution in [2.24, 2.45) is 0 Å². The predicted molar refractivity (Wildman–Crippen MR) is 49.7 cm³/mol. The first-order chi connectivity index (χ1) is 8.60. The van der Waals surface area contributed by atoms with Gasteiger partial charge in [0.15, 0.2) is 11.5 Å². The molecule has 1 aromatic rings. The van der Waals surface area contributed by atoms with Crippen LogP contribution >= 0.6 is 0 Å². The van der Waals surface area contributed by atoms with Gasteiger partial charge < -0.3 is 4.74 Å². The number of nitrogens with zero attached hydrogens (tertiary/aromatic N) is 1. The first-order valence-corrected chi connectivity index (χ1v) is 4.89. The maximum atomic E-state index is 13.4. The van der Waals surface area contributed by atoms with Gasteiger partial charge in [-0.15, -0.1) is 0 Å². The fraction of sp³-hybridized carbons (Fsp3) is 0.400. The molecule has 0 aliphatic carbocycles. The molecule has 0 spiro atoms. The number of alkyl halides is 5. The van der Waals surface area contributed by atoms with Crippen molar-refractivity contribution in [2.45, 2.75) is 19.0 Å². The van der Waals surface area contributed by atoms with Crippen molar-refractivity contribution in [3.05, 3.63) is 29.3 Å². The van der Waals surface area contributed by atoms with Gasteiger partial charge in [-0.3, -0.25) is 4.98 Å². The molecular formula is C10H7F6NO2. The molecule has 1 rings (SSSR count). The van der Waals surface area contributed by atoms with Crippen molar-refractivity contribution >= 4 is 5.97 Å². The third-order valence-electron chi connectivity index (χ3n) is 2.00. The van der Waals surface area contributed by atoms with Crippen LogP contribution in [0.15, 0.2) is 12.3 Å². The average Bonchev–Trinajstić information content (AvgIpc) is 2.27. The number of ether oxygens (including phenoxy) is 1. The zero-order valence-electron chi connectivity index (χ0n) is 9.39. The molecular weight excluding hydrogens is 280 g/mol. The highest BCUT2D eigenvalue weighted by Gasteiger charge is 2.47. The molecule has 1 aromatic heterocycles. The van der Waals surface area contributed by atoms with Gasteiger partial charge in [-0.05, 0) is 13.0 Å². The smallest absolute Gasteiger partial charge is 0.417 e. The normalized spacial score (nSPS) is 12.4. The highest BCUT2D eigenvalue weighted by molar-refractivity contribution is 5.78. The highest BCUT2D eigenvalue weighted by atomic mass is 19.4. The van der Waals surface area contributed by atoms with Gasteiger partial charge in [-0.2, -0.15) is 22.0 Å². The Hall–Kier alpha value is -1.80. The maximum absolute atomic E-state index is 13.4. The quantitative estimate of drug-likeness (QED) is 0.634. The van der Waals surface area contributed by atoms with Gasteiger partial charge in [0.2, 0.25) is 0 Å². The molecule has 3 nitrogen and oxygen atoms in total. The minimum atomic E-state index is -4.93. The lowest BCUT2D eigenvalue weighted by Crippen LogP contribution is -2.30. The van der Waals surface area contributed by atoms with Gasteiger partial charge in [-0.1, -0.05) is 0 Å². The summed E-state index contributed by atoms with van der Waals surface area (Å²) in [5, 5.41) is 0. The number of hydrogen-bond acceptors (Lipinski definition) is 3. The Bertz CT molecular complexity index is 485. The summed E-state index contributed by atoms with van der Waals surface area (Å²) in [6.45, 7) is 0.848. The standard InChI is InChI=1S/C10H7F6NO2/c1-2-19-8(18)9(12,13)7-6(11)3-5(4-17-7)10(14,15)16/h3-4H,2H2,1H3. The third-order valence-corrected chi connectivity index (χ3v) is 2.00. The molecule has 1 heterocycles. The fourth-order valence-corrected chi connectivity index (χ4v) is 1.14. The van der Waals surface area contributed by atoms with Crippen LogP contribution in [0.4, 0.5) is 26.3 Å². The van der Waals surface area contributed by atoms with Gasteiger partial charge >= 0.3 is 18.1 Å². The number of pyridine rings is 1. The second-order valence-electron chi connectivity index (χ2n) is 3.35. The Balaban J connectivity index is 3.19. The summed E-state index contributed by atoms with van der Waals surface area (Å²) in [4.78, 5) is 13.6. The maximum Gasteiger partial charge on any atom is 0.417 e. The number of carbonyl (C=O) groups is 1. The number of halogens is 6. The van der Waals surface area contributed by atoms with E-state index in [2.05, 4.69) is 9.72 Å². The zero-order chi connectivity index (χ0) is 14.8. The first kappa shape index (κ1) is 15.3. The molecule has 0 aliphatic heterocycles. The van der Waals surface area contributed by atoms with Crippen LogP contribution in [-0.4, -0.2) is 17.6 Å². The van der Waals surface area contributed by atoms with Crippen LogP contribution in [0.1, 0.15) is 18.2 Å². The summed E-state index contributed by atoms with van der Waals surface area (Å²) < 4.78 is 80.5. The average molecular weight is 287 g/mol.